The Morgan fingerprint density at radius 3 is 2.58 bits per heavy atom. The Balaban J connectivity index is 1.51. The summed E-state index contributed by atoms with van der Waals surface area (Å²) < 4.78 is 11.0. The molecule has 0 amide bonds. The Morgan fingerprint density at radius 1 is 1.12 bits per heavy atom. The number of para-hydroxylation sites is 2. The molecular weight excluding hydrogens is 346 g/mol. The molecule has 1 saturated heterocycles. The van der Waals surface area contributed by atoms with Gasteiger partial charge in [0.25, 0.3) is 0 Å². The van der Waals surface area contributed by atoms with Crippen LogP contribution >= 0.6 is 12.2 Å². The Morgan fingerprint density at radius 2 is 1.85 bits per heavy atom. The van der Waals surface area contributed by atoms with Crippen molar-refractivity contribution in [1.82, 2.24) is 5.32 Å². The second-order valence-corrected chi connectivity index (χ2v) is 6.41. The largest absolute Gasteiger partial charge is 0.492 e. The number of thiocarbonyl (C=S) groups is 1. The number of hydrogen-bond donors (Lipinski definition) is 2. The van der Waals surface area contributed by atoms with Crippen LogP contribution in [0.3, 0.4) is 0 Å². The second kappa shape index (κ2) is 9.40. The van der Waals surface area contributed by atoms with Crippen LogP contribution in [0, 0.1) is 0 Å². The fraction of sp³-hybridized carbons (Fsp3) is 0.350. The van der Waals surface area contributed by atoms with E-state index >= 15 is 0 Å². The van der Waals surface area contributed by atoms with E-state index in [0.717, 1.165) is 37.7 Å². The number of nitrogens with one attached hydrogen (secondary N) is 2. The summed E-state index contributed by atoms with van der Waals surface area (Å²) in [6, 6.07) is 16.4. The third-order valence-corrected chi connectivity index (χ3v) is 4.45. The fourth-order valence-corrected chi connectivity index (χ4v) is 3.03. The van der Waals surface area contributed by atoms with Crippen LogP contribution in [0.15, 0.2) is 48.5 Å². The summed E-state index contributed by atoms with van der Waals surface area (Å²) in [6.07, 6.45) is 0. The Kier molecular flexibility index (Phi) is 6.68. The highest BCUT2D eigenvalue weighted by Gasteiger charge is 2.10. The number of anilines is 2. The first-order chi connectivity index (χ1) is 12.8. The van der Waals surface area contributed by atoms with Crippen LogP contribution < -0.4 is 20.3 Å². The summed E-state index contributed by atoms with van der Waals surface area (Å²) in [5, 5.41) is 7.03. The van der Waals surface area contributed by atoms with Gasteiger partial charge < -0.3 is 25.0 Å². The highest BCUT2D eigenvalue weighted by Crippen LogP contribution is 2.23. The fourth-order valence-electron chi connectivity index (χ4n) is 2.85. The quantitative estimate of drug-likeness (QED) is 0.759. The van der Waals surface area contributed by atoms with Crippen LogP contribution in [0.1, 0.15) is 12.5 Å². The minimum atomic E-state index is 0.578. The lowest BCUT2D eigenvalue weighted by molar-refractivity contribution is 0.122. The molecular formula is C20H25N3O2S. The second-order valence-electron chi connectivity index (χ2n) is 6.00. The third kappa shape index (κ3) is 5.09. The zero-order chi connectivity index (χ0) is 18.2. The molecule has 0 spiro atoms. The Bertz CT molecular complexity index is 715. The molecule has 0 saturated carbocycles. The van der Waals surface area contributed by atoms with E-state index in [4.69, 9.17) is 21.7 Å². The van der Waals surface area contributed by atoms with E-state index in [1.807, 2.05) is 31.2 Å². The van der Waals surface area contributed by atoms with Gasteiger partial charge in [-0.2, -0.15) is 0 Å². The van der Waals surface area contributed by atoms with Gasteiger partial charge in [-0.15, -0.1) is 0 Å². The van der Waals surface area contributed by atoms with Crippen molar-refractivity contribution in [2.24, 2.45) is 0 Å². The van der Waals surface area contributed by atoms with E-state index in [1.54, 1.807) is 0 Å². The topological polar surface area (TPSA) is 45.8 Å². The monoisotopic (exact) mass is 371 g/mol. The summed E-state index contributed by atoms with van der Waals surface area (Å²) in [5.41, 5.74) is 3.29. The standard InChI is InChI=1S/C20H25N3O2S/c1-2-25-19-6-4-3-5-18(19)22-20(26)21-15-16-7-9-17(10-8-16)23-11-13-24-14-12-23/h3-10H,2,11-15H2,1H3,(H2,21,22,26). The van der Waals surface area contributed by atoms with Gasteiger partial charge in [-0.25, -0.2) is 0 Å². The van der Waals surface area contributed by atoms with Crippen molar-refractivity contribution in [1.29, 1.82) is 0 Å². The van der Waals surface area contributed by atoms with Gasteiger partial charge in [0.05, 0.1) is 25.5 Å². The summed E-state index contributed by atoms with van der Waals surface area (Å²) in [6.45, 7) is 6.75. The van der Waals surface area contributed by atoms with Crippen LogP contribution in [-0.4, -0.2) is 38.0 Å². The molecule has 1 heterocycles. The SMILES string of the molecule is CCOc1ccccc1NC(=S)NCc1ccc(N2CCOCC2)cc1. The molecule has 0 atom stereocenters. The van der Waals surface area contributed by atoms with E-state index in [2.05, 4.69) is 39.8 Å². The van der Waals surface area contributed by atoms with Crippen molar-refractivity contribution in [2.45, 2.75) is 13.5 Å². The van der Waals surface area contributed by atoms with E-state index in [0.29, 0.717) is 18.3 Å². The lowest BCUT2D eigenvalue weighted by atomic mass is 10.2. The number of nitrogens with zero attached hydrogens (tertiary/aromatic N) is 1. The molecule has 5 nitrogen and oxygen atoms in total. The minimum absolute atomic E-state index is 0.578. The number of benzene rings is 2. The van der Waals surface area contributed by atoms with Crippen molar-refractivity contribution >= 4 is 28.7 Å². The van der Waals surface area contributed by atoms with E-state index < -0.39 is 0 Å². The summed E-state index contributed by atoms with van der Waals surface area (Å²) in [5.74, 6) is 0.800. The molecule has 2 aromatic carbocycles. The number of ether oxygens (including phenoxy) is 2. The summed E-state index contributed by atoms with van der Waals surface area (Å²) in [4.78, 5) is 2.34. The minimum Gasteiger partial charge on any atom is -0.492 e. The van der Waals surface area contributed by atoms with Gasteiger partial charge in [-0.3, -0.25) is 0 Å². The maximum atomic E-state index is 5.61. The van der Waals surface area contributed by atoms with Crippen LogP contribution in [0.25, 0.3) is 0 Å². The van der Waals surface area contributed by atoms with Crippen molar-refractivity contribution in [3.05, 3.63) is 54.1 Å². The number of morpholine rings is 1. The molecule has 6 heteroatoms. The number of hydrogen-bond acceptors (Lipinski definition) is 4. The lowest BCUT2D eigenvalue weighted by Gasteiger charge is -2.28. The van der Waals surface area contributed by atoms with Gasteiger partial charge in [-0.05, 0) is 49.0 Å². The Hall–Kier alpha value is -2.31. The first kappa shape index (κ1) is 18.5. The Labute approximate surface area is 160 Å². The van der Waals surface area contributed by atoms with E-state index in [-0.39, 0.29) is 0 Å². The van der Waals surface area contributed by atoms with Crippen LogP contribution in [0.4, 0.5) is 11.4 Å². The van der Waals surface area contributed by atoms with Gasteiger partial charge in [-0.1, -0.05) is 24.3 Å². The van der Waals surface area contributed by atoms with Gasteiger partial charge >= 0.3 is 0 Å². The molecule has 0 aliphatic carbocycles. The zero-order valence-corrected chi connectivity index (χ0v) is 15.8. The summed E-state index contributed by atoms with van der Waals surface area (Å²) >= 11 is 5.41. The highest BCUT2D eigenvalue weighted by atomic mass is 32.1. The molecule has 3 rings (SSSR count). The molecule has 138 valence electrons. The van der Waals surface area contributed by atoms with Crippen molar-refractivity contribution in [3.8, 4) is 5.75 Å². The maximum Gasteiger partial charge on any atom is 0.171 e. The molecule has 2 aromatic rings. The molecule has 1 aliphatic rings. The molecule has 0 unspecified atom stereocenters. The molecule has 0 aromatic heterocycles. The van der Waals surface area contributed by atoms with E-state index in [9.17, 15) is 0 Å². The predicted octanol–water partition coefficient (Wildman–Crippen LogP) is 3.41. The van der Waals surface area contributed by atoms with Gasteiger partial charge in [0.15, 0.2) is 5.11 Å². The summed E-state index contributed by atoms with van der Waals surface area (Å²) in [7, 11) is 0. The molecule has 26 heavy (non-hydrogen) atoms. The average molecular weight is 372 g/mol. The van der Waals surface area contributed by atoms with Gasteiger partial charge in [0.1, 0.15) is 5.75 Å². The lowest BCUT2D eigenvalue weighted by Crippen LogP contribution is -2.36. The van der Waals surface area contributed by atoms with Crippen LogP contribution in [0.2, 0.25) is 0 Å². The van der Waals surface area contributed by atoms with Crippen LogP contribution in [-0.2, 0) is 11.3 Å². The first-order valence-electron chi connectivity index (χ1n) is 8.94. The normalized spacial score (nSPS) is 14.0. The molecule has 1 fully saturated rings. The first-order valence-corrected chi connectivity index (χ1v) is 9.35. The number of rotatable bonds is 6. The van der Waals surface area contributed by atoms with Crippen molar-refractivity contribution in [2.75, 3.05) is 43.1 Å². The van der Waals surface area contributed by atoms with Crippen molar-refractivity contribution in [3.63, 3.8) is 0 Å². The van der Waals surface area contributed by atoms with Crippen LogP contribution in [0.5, 0.6) is 5.75 Å². The third-order valence-electron chi connectivity index (χ3n) is 4.20. The van der Waals surface area contributed by atoms with E-state index in [1.165, 1.54) is 11.3 Å². The maximum absolute atomic E-state index is 5.61. The molecule has 0 bridgehead atoms. The average Bonchev–Trinajstić information content (AvgIpc) is 2.69. The van der Waals surface area contributed by atoms with Gasteiger partial charge in [0.2, 0.25) is 0 Å². The molecule has 0 radical (unpaired) electrons. The molecule has 1 aliphatic heterocycles. The molecule has 2 N–H and O–H groups in total. The smallest absolute Gasteiger partial charge is 0.171 e. The highest BCUT2D eigenvalue weighted by molar-refractivity contribution is 7.80. The predicted molar refractivity (Wildman–Crippen MR) is 110 cm³/mol. The van der Waals surface area contributed by atoms with Gasteiger partial charge in [0, 0.05) is 25.3 Å². The van der Waals surface area contributed by atoms with Crippen molar-refractivity contribution < 1.29 is 9.47 Å². The zero-order valence-electron chi connectivity index (χ0n) is 15.0.